The minimum Gasteiger partial charge on any atom is -0.336 e. The highest BCUT2D eigenvalue weighted by Gasteiger charge is 2.25. The topological polar surface area (TPSA) is 73.8 Å². The van der Waals surface area contributed by atoms with Crippen LogP contribution in [0.2, 0.25) is 0 Å². The number of carbonyl (C=O) groups excluding carboxylic acids is 1. The number of likely N-dealkylation sites (N-methyl/N-ethyl adjacent to an activating group) is 2. The van der Waals surface area contributed by atoms with E-state index in [2.05, 4.69) is 4.98 Å². The number of rotatable bonds is 9. The van der Waals surface area contributed by atoms with Gasteiger partial charge >= 0.3 is 0 Å². The molecule has 0 aliphatic carbocycles. The predicted octanol–water partition coefficient (Wildman–Crippen LogP) is 1.43. The van der Waals surface area contributed by atoms with Gasteiger partial charge in [-0.1, -0.05) is 12.1 Å². The molecule has 0 atom stereocenters. The van der Waals surface area contributed by atoms with Crippen molar-refractivity contribution >= 4 is 15.9 Å². The first kappa shape index (κ1) is 21.9. The lowest BCUT2D eigenvalue weighted by molar-refractivity contribution is -0.132. The Morgan fingerprint density at radius 2 is 1.75 bits per heavy atom. The van der Waals surface area contributed by atoms with Crippen molar-refractivity contribution in [2.24, 2.45) is 0 Å². The largest absolute Gasteiger partial charge is 0.336 e. The van der Waals surface area contributed by atoms with Crippen molar-refractivity contribution in [2.75, 3.05) is 40.8 Å². The Hall–Kier alpha value is -2.36. The van der Waals surface area contributed by atoms with Gasteiger partial charge in [-0.2, -0.15) is 4.31 Å². The van der Waals surface area contributed by atoms with E-state index < -0.39 is 10.0 Å². The molecule has 0 saturated carbocycles. The second kappa shape index (κ2) is 9.72. The molecule has 2 aromatic rings. The highest BCUT2D eigenvalue weighted by Crippen LogP contribution is 2.13. The zero-order valence-corrected chi connectivity index (χ0v) is 17.1. The fourth-order valence-electron chi connectivity index (χ4n) is 2.48. The minimum atomic E-state index is -3.81. The number of aromatic nitrogens is 1. The molecule has 0 unspecified atom stereocenters. The molecule has 0 aliphatic rings. The first-order chi connectivity index (χ1) is 13.2. The number of pyridine rings is 1. The summed E-state index contributed by atoms with van der Waals surface area (Å²) in [6.07, 6.45) is 2.73. The molecule has 0 spiro atoms. The van der Waals surface area contributed by atoms with Gasteiger partial charge in [0.2, 0.25) is 15.9 Å². The molecule has 0 radical (unpaired) electrons. The Kier molecular flexibility index (Phi) is 7.61. The van der Waals surface area contributed by atoms with Crippen molar-refractivity contribution in [3.05, 3.63) is 60.2 Å². The van der Waals surface area contributed by atoms with E-state index in [1.54, 1.807) is 17.0 Å². The summed E-state index contributed by atoms with van der Waals surface area (Å²) in [4.78, 5) is 20.2. The van der Waals surface area contributed by atoms with Gasteiger partial charge in [0.05, 0.1) is 6.54 Å². The highest BCUT2D eigenvalue weighted by molar-refractivity contribution is 7.89. The number of hydrogen-bond donors (Lipinski definition) is 0. The van der Waals surface area contributed by atoms with E-state index in [1.807, 2.05) is 19.0 Å². The van der Waals surface area contributed by atoms with Crippen molar-refractivity contribution in [1.29, 1.82) is 0 Å². The maximum atomic E-state index is 13.1. The molecule has 9 heteroatoms. The van der Waals surface area contributed by atoms with Crippen LogP contribution in [0, 0.1) is 5.82 Å². The van der Waals surface area contributed by atoms with Gasteiger partial charge in [-0.15, -0.1) is 0 Å². The summed E-state index contributed by atoms with van der Waals surface area (Å²) in [6, 6.07) is 8.86. The summed E-state index contributed by atoms with van der Waals surface area (Å²) >= 11 is 0. The van der Waals surface area contributed by atoms with E-state index in [0.717, 1.165) is 9.87 Å². The molecule has 0 saturated heterocycles. The zero-order valence-electron chi connectivity index (χ0n) is 16.2. The third-order valence-corrected chi connectivity index (χ3v) is 5.94. The molecule has 1 aromatic carbocycles. The van der Waals surface area contributed by atoms with E-state index in [4.69, 9.17) is 0 Å². The van der Waals surface area contributed by atoms with Crippen LogP contribution in [-0.4, -0.2) is 74.2 Å². The lowest BCUT2D eigenvalue weighted by Gasteiger charge is -2.27. The van der Waals surface area contributed by atoms with Crippen LogP contribution in [0.25, 0.3) is 0 Å². The predicted molar refractivity (Wildman–Crippen MR) is 104 cm³/mol. The van der Waals surface area contributed by atoms with Crippen molar-refractivity contribution in [1.82, 2.24) is 19.1 Å². The molecule has 2 rings (SSSR count). The number of benzene rings is 1. The van der Waals surface area contributed by atoms with Gasteiger partial charge in [-0.3, -0.25) is 9.78 Å². The maximum Gasteiger partial charge on any atom is 0.244 e. The summed E-state index contributed by atoms with van der Waals surface area (Å²) in [6.45, 7) is 1.01. The van der Waals surface area contributed by atoms with Crippen LogP contribution in [0.5, 0.6) is 0 Å². The van der Waals surface area contributed by atoms with Crippen molar-refractivity contribution in [3.63, 3.8) is 0 Å². The summed E-state index contributed by atoms with van der Waals surface area (Å²) in [5.41, 5.74) is 0.770. The van der Waals surface area contributed by atoms with Gasteiger partial charge in [0.15, 0.2) is 0 Å². The molecular weight excluding hydrogens is 383 g/mol. The van der Waals surface area contributed by atoms with Crippen molar-refractivity contribution in [2.45, 2.75) is 11.4 Å². The van der Waals surface area contributed by atoms with E-state index in [1.165, 1.54) is 43.7 Å². The standard InChI is InChI=1S/C19H25FN4O3S/c1-22(2)11-12-24(14-16-6-8-17(20)9-7-16)19(25)15-23(3)28(26,27)18-5-4-10-21-13-18/h4-10,13H,11-12,14-15H2,1-3H3. The Bertz CT molecular complexity index is 874. The second-order valence-electron chi connectivity index (χ2n) is 6.69. The maximum absolute atomic E-state index is 13.1. The van der Waals surface area contributed by atoms with Crippen LogP contribution in [0.1, 0.15) is 5.56 Å². The summed E-state index contributed by atoms with van der Waals surface area (Å²) < 4.78 is 39.4. The van der Waals surface area contributed by atoms with Gasteiger partial charge < -0.3 is 9.80 Å². The van der Waals surface area contributed by atoms with Gasteiger partial charge in [0.1, 0.15) is 10.7 Å². The first-order valence-corrected chi connectivity index (χ1v) is 10.2. The Morgan fingerprint density at radius 1 is 1.07 bits per heavy atom. The molecule has 1 amide bonds. The number of hydrogen-bond acceptors (Lipinski definition) is 5. The molecule has 7 nitrogen and oxygen atoms in total. The Balaban J connectivity index is 2.13. The fourth-order valence-corrected chi connectivity index (χ4v) is 3.56. The first-order valence-electron chi connectivity index (χ1n) is 8.73. The number of amides is 1. The number of sulfonamides is 1. The van der Waals surface area contributed by atoms with E-state index in [9.17, 15) is 17.6 Å². The average Bonchev–Trinajstić information content (AvgIpc) is 2.67. The third-order valence-electron chi connectivity index (χ3n) is 4.16. The minimum absolute atomic E-state index is 0.0312. The summed E-state index contributed by atoms with van der Waals surface area (Å²) in [5.74, 6) is -0.682. The zero-order chi connectivity index (χ0) is 20.7. The third kappa shape index (κ3) is 6.08. The quantitative estimate of drug-likeness (QED) is 0.628. The molecule has 1 aromatic heterocycles. The lowest BCUT2D eigenvalue weighted by Crippen LogP contribution is -2.43. The van der Waals surface area contributed by atoms with Crippen LogP contribution in [0.15, 0.2) is 53.7 Å². The number of carbonyl (C=O) groups is 1. The fraction of sp³-hybridized carbons (Fsp3) is 0.368. The SMILES string of the molecule is CN(C)CCN(Cc1ccc(F)cc1)C(=O)CN(C)S(=O)(=O)c1cccnc1. The Labute approximate surface area is 165 Å². The van der Waals surface area contributed by atoms with Crippen LogP contribution in [0.3, 0.4) is 0 Å². The molecule has 0 N–H and O–H groups in total. The van der Waals surface area contributed by atoms with Gasteiger partial charge in [-0.05, 0) is 43.9 Å². The van der Waals surface area contributed by atoms with E-state index >= 15 is 0 Å². The van der Waals surface area contributed by atoms with Gasteiger partial charge in [0, 0.05) is 39.1 Å². The normalized spacial score (nSPS) is 11.8. The second-order valence-corrected chi connectivity index (χ2v) is 8.74. The monoisotopic (exact) mass is 408 g/mol. The molecule has 28 heavy (non-hydrogen) atoms. The van der Waals surface area contributed by atoms with Crippen molar-refractivity contribution in [3.8, 4) is 0 Å². The van der Waals surface area contributed by atoms with E-state index in [-0.39, 0.29) is 29.7 Å². The van der Waals surface area contributed by atoms with Gasteiger partial charge in [0.25, 0.3) is 0 Å². The van der Waals surface area contributed by atoms with Crippen LogP contribution in [-0.2, 0) is 21.4 Å². The van der Waals surface area contributed by atoms with Crippen LogP contribution >= 0.6 is 0 Å². The molecule has 1 heterocycles. The highest BCUT2D eigenvalue weighted by atomic mass is 32.2. The Morgan fingerprint density at radius 3 is 2.32 bits per heavy atom. The molecule has 152 valence electrons. The van der Waals surface area contributed by atoms with Crippen molar-refractivity contribution < 1.29 is 17.6 Å². The molecule has 0 aliphatic heterocycles. The average molecular weight is 408 g/mol. The molecule has 0 fully saturated rings. The van der Waals surface area contributed by atoms with Crippen LogP contribution < -0.4 is 0 Å². The molecular formula is C19H25FN4O3S. The molecule has 0 bridgehead atoms. The number of halogens is 1. The summed E-state index contributed by atoms with van der Waals surface area (Å²) in [5, 5.41) is 0. The van der Waals surface area contributed by atoms with E-state index in [0.29, 0.717) is 13.1 Å². The number of nitrogens with zero attached hydrogens (tertiary/aromatic N) is 4. The van der Waals surface area contributed by atoms with Gasteiger partial charge in [-0.25, -0.2) is 12.8 Å². The van der Waals surface area contributed by atoms with Crippen LogP contribution in [0.4, 0.5) is 4.39 Å². The summed E-state index contributed by atoms with van der Waals surface area (Å²) in [7, 11) is 1.33. The lowest BCUT2D eigenvalue weighted by atomic mass is 10.2. The smallest absolute Gasteiger partial charge is 0.244 e.